The van der Waals surface area contributed by atoms with Crippen molar-refractivity contribution in [1.29, 1.82) is 0 Å². The van der Waals surface area contributed by atoms with Crippen molar-refractivity contribution in [3.63, 3.8) is 0 Å². The molecule has 0 bridgehead atoms. The molecular formula is C20H23N2O3S+. The van der Waals surface area contributed by atoms with Crippen molar-refractivity contribution >= 4 is 16.5 Å². The maximum atomic E-state index is 5.93. The highest BCUT2D eigenvalue weighted by molar-refractivity contribution is 7.13. The zero-order chi connectivity index (χ0) is 18.5. The van der Waals surface area contributed by atoms with Crippen LogP contribution in [0.3, 0.4) is 0 Å². The van der Waals surface area contributed by atoms with Crippen LogP contribution in [-0.2, 0) is 6.42 Å². The van der Waals surface area contributed by atoms with Crippen LogP contribution in [0.1, 0.15) is 22.7 Å². The van der Waals surface area contributed by atoms with Gasteiger partial charge in [0.05, 0.1) is 27.2 Å². The van der Waals surface area contributed by atoms with E-state index in [2.05, 4.69) is 28.6 Å². The predicted octanol–water partition coefficient (Wildman–Crippen LogP) is 3.54. The van der Waals surface area contributed by atoms with Crippen molar-refractivity contribution in [2.24, 2.45) is 0 Å². The van der Waals surface area contributed by atoms with Crippen molar-refractivity contribution in [2.75, 3.05) is 27.1 Å². The zero-order valence-electron chi connectivity index (χ0n) is 15.1. The van der Waals surface area contributed by atoms with E-state index in [1.165, 1.54) is 16.9 Å². The van der Waals surface area contributed by atoms with Gasteiger partial charge < -0.3 is 14.2 Å². The Morgan fingerprint density at radius 1 is 0.962 bits per heavy atom. The number of methoxy groups -OCH3 is 3. The number of hydrogen-bond acceptors (Lipinski definition) is 5. The molecule has 0 radical (unpaired) electrons. The van der Waals surface area contributed by atoms with Gasteiger partial charge in [-0.25, -0.2) is 4.98 Å². The van der Waals surface area contributed by atoms with Crippen molar-refractivity contribution in [3.05, 3.63) is 64.7 Å². The summed E-state index contributed by atoms with van der Waals surface area (Å²) in [4.78, 5) is 3.28. The SMILES string of the molecule is COc1ccc(CC(c2ccc(OC)c(OC)c2)c2csc(N)[nH+]2)cc1. The number of aromatic nitrogens is 1. The van der Waals surface area contributed by atoms with Crippen molar-refractivity contribution in [1.82, 2.24) is 0 Å². The van der Waals surface area contributed by atoms with Gasteiger partial charge in [-0.3, -0.25) is 5.73 Å². The minimum atomic E-state index is 0.122. The number of nitrogen functional groups attached to an aromatic ring is 1. The third-order valence-corrected chi connectivity index (χ3v) is 5.09. The smallest absolute Gasteiger partial charge is 0.329 e. The molecule has 6 heteroatoms. The fourth-order valence-electron chi connectivity index (χ4n) is 2.97. The van der Waals surface area contributed by atoms with Crippen LogP contribution in [0, 0.1) is 0 Å². The molecule has 1 heterocycles. The number of H-pyrrole nitrogens is 1. The predicted molar refractivity (Wildman–Crippen MR) is 103 cm³/mol. The molecule has 1 aromatic heterocycles. The van der Waals surface area contributed by atoms with Gasteiger partial charge in [0, 0.05) is 5.38 Å². The lowest BCUT2D eigenvalue weighted by molar-refractivity contribution is -0.368. The quantitative estimate of drug-likeness (QED) is 0.690. The molecule has 0 saturated carbocycles. The Bertz CT molecular complexity index is 862. The average molecular weight is 371 g/mol. The van der Waals surface area contributed by atoms with E-state index in [0.717, 1.165) is 23.4 Å². The van der Waals surface area contributed by atoms with Crippen LogP contribution in [0.2, 0.25) is 0 Å². The summed E-state index contributed by atoms with van der Waals surface area (Å²) in [7, 11) is 4.96. The van der Waals surface area contributed by atoms with Gasteiger partial charge in [0.1, 0.15) is 11.4 Å². The topological polar surface area (TPSA) is 67.8 Å². The third-order valence-electron chi connectivity index (χ3n) is 4.36. The lowest BCUT2D eigenvalue weighted by atomic mass is 9.89. The molecule has 0 fully saturated rings. The molecular weight excluding hydrogens is 348 g/mol. The van der Waals surface area contributed by atoms with E-state index in [0.29, 0.717) is 16.6 Å². The maximum absolute atomic E-state index is 5.93. The third kappa shape index (κ3) is 3.91. The largest absolute Gasteiger partial charge is 0.497 e. The van der Waals surface area contributed by atoms with E-state index in [4.69, 9.17) is 19.9 Å². The number of aromatic amines is 1. The van der Waals surface area contributed by atoms with Crippen LogP contribution in [0.15, 0.2) is 47.8 Å². The van der Waals surface area contributed by atoms with Gasteiger partial charge in [-0.05, 0) is 41.8 Å². The van der Waals surface area contributed by atoms with Crippen LogP contribution >= 0.6 is 11.3 Å². The summed E-state index contributed by atoms with van der Waals surface area (Å²) in [6, 6.07) is 14.2. The molecule has 26 heavy (non-hydrogen) atoms. The standard InChI is InChI=1S/C20H22N2O3S/c1-23-15-7-4-13(5-8-15)10-16(17-12-26-20(21)22-17)14-6-9-18(24-2)19(11-14)25-3/h4-9,11-12,16H,10H2,1-3H3,(H2,21,22)/p+1. The Kier molecular flexibility index (Phi) is 5.63. The minimum Gasteiger partial charge on any atom is -0.497 e. The lowest BCUT2D eigenvalue weighted by Crippen LogP contribution is -2.17. The Morgan fingerprint density at radius 2 is 1.69 bits per heavy atom. The molecule has 0 aliphatic carbocycles. The van der Waals surface area contributed by atoms with Crippen LogP contribution < -0.4 is 24.9 Å². The summed E-state index contributed by atoms with van der Waals surface area (Å²) < 4.78 is 16.1. The van der Waals surface area contributed by atoms with Crippen LogP contribution in [-0.4, -0.2) is 21.3 Å². The summed E-state index contributed by atoms with van der Waals surface area (Å²) in [5.74, 6) is 2.40. The number of anilines is 1. The first-order valence-electron chi connectivity index (χ1n) is 8.25. The molecule has 136 valence electrons. The van der Waals surface area contributed by atoms with Crippen LogP contribution in [0.4, 0.5) is 5.13 Å². The lowest BCUT2D eigenvalue weighted by Gasteiger charge is -2.17. The van der Waals surface area contributed by atoms with E-state index in [9.17, 15) is 0 Å². The molecule has 3 N–H and O–H groups in total. The molecule has 0 aliphatic heterocycles. The number of thiazole rings is 1. The van der Waals surface area contributed by atoms with Gasteiger partial charge in [0.2, 0.25) is 0 Å². The van der Waals surface area contributed by atoms with Gasteiger partial charge in [0.15, 0.2) is 11.5 Å². The first-order chi connectivity index (χ1) is 12.6. The van der Waals surface area contributed by atoms with Crippen molar-refractivity contribution in [3.8, 4) is 17.2 Å². The van der Waals surface area contributed by atoms with E-state index < -0.39 is 0 Å². The van der Waals surface area contributed by atoms with Crippen LogP contribution in [0.25, 0.3) is 0 Å². The number of benzene rings is 2. The highest BCUT2D eigenvalue weighted by Gasteiger charge is 2.22. The first-order valence-corrected chi connectivity index (χ1v) is 9.13. The van der Waals surface area contributed by atoms with Gasteiger partial charge in [-0.15, -0.1) is 0 Å². The average Bonchev–Trinajstić information content (AvgIpc) is 3.12. The molecule has 1 atom stereocenters. The van der Waals surface area contributed by atoms with Crippen LogP contribution in [0.5, 0.6) is 17.2 Å². The number of nitrogens with one attached hydrogen (secondary N) is 1. The molecule has 0 spiro atoms. The Balaban J connectivity index is 1.98. The fraction of sp³-hybridized carbons (Fsp3) is 0.250. The number of rotatable bonds is 7. The van der Waals surface area contributed by atoms with E-state index in [-0.39, 0.29) is 5.92 Å². The molecule has 0 aliphatic rings. The van der Waals surface area contributed by atoms with Gasteiger partial charge in [0.25, 0.3) is 0 Å². The summed E-state index contributed by atoms with van der Waals surface area (Å²) >= 11 is 1.51. The minimum absolute atomic E-state index is 0.122. The normalized spacial score (nSPS) is 11.8. The molecule has 1 unspecified atom stereocenters. The van der Waals surface area contributed by atoms with Gasteiger partial charge >= 0.3 is 5.13 Å². The Hall–Kier alpha value is -2.73. The number of ether oxygens (including phenoxy) is 3. The first kappa shape index (κ1) is 18.1. The van der Waals surface area contributed by atoms with E-state index in [1.54, 1.807) is 21.3 Å². The van der Waals surface area contributed by atoms with Crippen molar-refractivity contribution < 1.29 is 19.2 Å². The maximum Gasteiger partial charge on any atom is 0.329 e. The second-order valence-electron chi connectivity index (χ2n) is 5.90. The van der Waals surface area contributed by atoms with Gasteiger partial charge in [-0.2, -0.15) is 0 Å². The summed E-state index contributed by atoms with van der Waals surface area (Å²) in [6.07, 6.45) is 0.826. The fourth-order valence-corrected chi connectivity index (χ4v) is 3.63. The summed E-state index contributed by atoms with van der Waals surface area (Å²) in [5, 5.41) is 2.76. The Morgan fingerprint density at radius 3 is 2.27 bits per heavy atom. The molecule has 0 saturated heterocycles. The number of nitrogens with two attached hydrogens (primary N) is 1. The zero-order valence-corrected chi connectivity index (χ0v) is 15.9. The van der Waals surface area contributed by atoms with E-state index >= 15 is 0 Å². The van der Waals surface area contributed by atoms with E-state index in [1.807, 2.05) is 24.3 Å². The molecule has 5 nitrogen and oxygen atoms in total. The Labute approximate surface area is 157 Å². The molecule has 2 aromatic carbocycles. The molecule has 3 rings (SSSR count). The molecule has 0 amide bonds. The molecule has 3 aromatic rings. The summed E-state index contributed by atoms with van der Waals surface area (Å²) in [6.45, 7) is 0. The second kappa shape index (κ2) is 8.10. The number of hydrogen-bond donors (Lipinski definition) is 1. The van der Waals surface area contributed by atoms with Crippen molar-refractivity contribution in [2.45, 2.75) is 12.3 Å². The summed E-state index contributed by atoms with van der Waals surface area (Å²) in [5.41, 5.74) is 9.35. The van der Waals surface area contributed by atoms with Gasteiger partial charge in [-0.1, -0.05) is 29.5 Å². The highest BCUT2D eigenvalue weighted by atomic mass is 32.1. The highest BCUT2D eigenvalue weighted by Crippen LogP contribution is 2.35. The monoisotopic (exact) mass is 371 g/mol. The second-order valence-corrected chi connectivity index (χ2v) is 6.81.